The van der Waals surface area contributed by atoms with E-state index in [1.54, 1.807) is 0 Å². The first-order chi connectivity index (χ1) is 17.1. The van der Waals surface area contributed by atoms with Crippen LogP contribution < -0.4 is 15.5 Å². The van der Waals surface area contributed by atoms with Gasteiger partial charge in [0.1, 0.15) is 5.82 Å². The van der Waals surface area contributed by atoms with Crippen molar-refractivity contribution in [2.75, 3.05) is 75.8 Å². The summed E-state index contributed by atoms with van der Waals surface area (Å²) in [5.74, 6) is 2.19. The number of aryl methyl sites for hydroxylation is 2. The zero-order chi connectivity index (χ0) is 24.5. The van der Waals surface area contributed by atoms with E-state index in [-0.39, 0.29) is 0 Å². The third kappa shape index (κ3) is 7.81. The van der Waals surface area contributed by atoms with Crippen molar-refractivity contribution >= 4 is 35.1 Å². The molecule has 0 amide bonds. The molecule has 10 nitrogen and oxygen atoms in total. The molecule has 188 valence electrons. The van der Waals surface area contributed by atoms with Gasteiger partial charge in [-0.2, -0.15) is 4.99 Å². The number of anilines is 2. The molecule has 4 heterocycles. The lowest BCUT2D eigenvalue weighted by Crippen LogP contribution is -2.51. The summed E-state index contributed by atoms with van der Waals surface area (Å²) < 4.78 is 5.42. The minimum absolute atomic E-state index is 0.464. The van der Waals surface area contributed by atoms with Gasteiger partial charge in [0.15, 0.2) is 5.11 Å². The zero-order valence-electron chi connectivity index (χ0n) is 20.6. The van der Waals surface area contributed by atoms with Crippen LogP contribution in [0.4, 0.5) is 11.8 Å². The number of rotatable bonds is 6. The Morgan fingerprint density at radius 2 is 1.80 bits per heavy atom. The summed E-state index contributed by atoms with van der Waals surface area (Å²) in [6.07, 6.45) is 2.83. The molecule has 4 rings (SSSR count). The number of piperazine rings is 1. The Morgan fingerprint density at radius 3 is 2.49 bits per heavy atom. The topological polar surface area (TPSA) is 94.0 Å². The van der Waals surface area contributed by atoms with Crippen molar-refractivity contribution in [3.8, 4) is 0 Å². The zero-order valence-corrected chi connectivity index (χ0v) is 21.4. The van der Waals surface area contributed by atoms with Crippen molar-refractivity contribution in [1.82, 2.24) is 30.1 Å². The number of hydrogen-bond acceptors (Lipinski definition) is 7. The van der Waals surface area contributed by atoms with Crippen LogP contribution in [0.15, 0.2) is 35.5 Å². The van der Waals surface area contributed by atoms with Crippen LogP contribution in [0, 0.1) is 13.8 Å². The van der Waals surface area contributed by atoms with E-state index >= 15 is 0 Å². The van der Waals surface area contributed by atoms with Gasteiger partial charge >= 0.3 is 0 Å². The van der Waals surface area contributed by atoms with E-state index in [9.17, 15) is 0 Å². The highest BCUT2D eigenvalue weighted by atomic mass is 32.1. The first-order valence-electron chi connectivity index (χ1n) is 12.2. The van der Waals surface area contributed by atoms with Crippen LogP contribution >= 0.6 is 12.2 Å². The number of aliphatic imine (C=N–C) groups is 1. The van der Waals surface area contributed by atoms with Gasteiger partial charge in [0.2, 0.25) is 11.9 Å². The molecule has 0 aliphatic carbocycles. The lowest BCUT2D eigenvalue weighted by Gasteiger charge is -2.36. The molecule has 11 heteroatoms. The van der Waals surface area contributed by atoms with Crippen LogP contribution in [0.2, 0.25) is 0 Å². The molecule has 2 N–H and O–H groups in total. The van der Waals surface area contributed by atoms with Gasteiger partial charge < -0.3 is 19.9 Å². The van der Waals surface area contributed by atoms with Gasteiger partial charge in [-0.25, -0.2) is 15.0 Å². The standard InChI is InChI=1S/C24H35N9OS/c1-19-18-20(2)28-22(27-19)29-23(30-24(35)26-8-5-9-31-14-16-34-17-15-31)33-12-10-32(11-13-33)21-6-3-4-7-25-21/h3-4,6-7,18H,5,8-17H2,1-2H3,(H2,26,27,28,29,30,35). The van der Waals surface area contributed by atoms with E-state index in [4.69, 9.17) is 21.9 Å². The molecule has 2 fully saturated rings. The van der Waals surface area contributed by atoms with Gasteiger partial charge in [-0.1, -0.05) is 6.07 Å². The summed E-state index contributed by atoms with van der Waals surface area (Å²) >= 11 is 5.58. The molecular weight excluding hydrogens is 462 g/mol. The smallest absolute Gasteiger partial charge is 0.229 e. The summed E-state index contributed by atoms with van der Waals surface area (Å²) in [6.45, 7) is 12.6. The summed E-state index contributed by atoms with van der Waals surface area (Å²) in [4.78, 5) is 25.2. The second-order valence-corrected chi connectivity index (χ2v) is 9.12. The van der Waals surface area contributed by atoms with Crippen molar-refractivity contribution in [3.63, 3.8) is 0 Å². The van der Waals surface area contributed by atoms with Crippen LogP contribution in [-0.4, -0.2) is 101 Å². The largest absolute Gasteiger partial charge is 0.379 e. The Morgan fingerprint density at radius 1 is 1.06 bits per heavy atom. The molecule has 0 radical (unpaired) electrons. The molecule has 0 saturated carbocycles. The molecule has 2 aliphatic heterocycles. The molecule has 0 spiro atoms. The van der Waals surface area contributed by atoms with Gasteiger partial charge in [-0.3, -0.25) is 10.2 Å². The average molecular weight is 498 g/mol. The minimum atomic E-state index is 0.464. The molecule has 2 saturated heterocycles. The van der Waals surface area contributed by atoms with Gasteiger partial charge in [-0.15, -0.1) is 0 Å². The van der Waals surface area contributed by atoms with E-state index in [1.807, 2.05) is 44.3 Å². The van der Waals surface area contributed by atoms with E-state index in [0.717, 1.165) is 89.2 Å². The van der Waals surface area contributed by atoms with Gasteiger partial charge in [0, 0.05) is 63.4 Å². The Bertz CT molecular complexity index is 969. The summed E-state index contributed by atoms with van der Waals surface area (Å²) in [6, 6.07) is 7.95. The third-order valence-corrected chi connectivity index (χ3v) is 6.23. The lowest BCUT2D eigenvalue weighted by molar-refractivity contribution is 0.0376. The fourth-order valence-corrected chi connectivity index (χ4v) is 4.39. The number of nitrogens with one attached hydrogen (secondary N) is 2. The number of pyridine rings is 1. The van der Waals surface area contributed by atoms with Crippen LogP contribution in [0.5, 0.6) is 0 Å². The van der Waals surface area contributed by atoms with Gasteiger partial charge in [0.25, 0.3) is 0 Å². The van der Waals surface area contributed by atoms with Crippen LogP contribution in [0.25, 0.3) is 0 Å². The average Bonchev–Trinajstić information content (AvgIpc) is 2.87. The molecular formula is C24H35N9OS. The normalized spacial score (nSPS) is 17.4. The predicted molar refractivity (Wildman–Crippen MR) is 143 cm³/mol. The maximum Gasteiger partial charge on any atom is 0.229 e. The van der Waals surface area contributed by atoms with Crippen molar-refractivity contribution in [1.29, 1.82) is 0 Å². The molecule has 0 aromatic carbocycles. The maximum absolute atomic E-state index is 5.58. The Hall–Kier alpha value is -2.89. The molecule has 0 bridgehead atoms. The van der Waals surface area contributed by atoms with Gasteiger partial charge in [-0.05, 0) is 57.2 Å². The molecule has 35 heavy (non-hydrogen) atoms. The maximum atomic E-state index is 5.58. The highest BCUT2D eigenvalue weighted by Crippen LogP contribution is 2.14. The summed E-state index contributed by atoms with van der Waals surface area (Å²) in [7, 11) is 0. The van der Waals surface area contributed by atoms with Crippen molar-refractivity contribution in [2.45, 2.75) is 20.3 Å². The summed E-state index contributed by atoms with van der Waals surface area (Å²) in [5.41, 5.74) is 1.81. The number of thiocarbonyl (C=S) groups is 1. The Labute approximate surface area is 212 Å². The number of hydrogen-bond donors (Lipinski definition) is 2. The quantitative estimate of drug-likeness (QED) is 0.266. The van der Waals surface area contributed by atoms with E-state index in [2.05, 4.69) is 40.3 Å². The van der Waals surface area contributed by atoms with Gasteiger partial charge in [0.05, 0.1) is 13.2 Å². The molecule has 2 aromatic rings. The molecule has 2 aliphatic rings. The fraction of sp³-hybridized carbons (Fsp3) is 0.542. The number of morpholine rings is 1. The molecule has 0 unspecified atom stereocenters. The van der Waals surface area contributed by atoms with Crippen molar-refractivity contribution in [2.24, 2.45) is 4.99 Å². The first kappa shape index (κ1) is 25.2. The Balaban J connectivity index is 1.37. The number of ether oxygens (including phenoxy) is 1. The number of nitrogens with zero attached hydrogens (tertiary/aromatic N) is 7. The van der Waals surface area contributed by atoms with E-state index in [1.165, 1.54) is 0 Å². The second kappa shape index (κ2) is 12.7. The van der Waals surface area contributed by atoms with E-state index in [0.29, 0.717) is 17.0 Å². The molecule has 0 atom stereocenters. The highest BCUT2D eigenvalue weighted by molar-refractivity contribution is 7.80. The summed E-state index contributed by atoms with van der Waals surface area (Å²) in [5, 5.41) is 7.08. The minimum Gasteiger partial charge on any atom is -0.379 e. The highest BCUT2D eigenvalue weighted by Gasteiger charge is 2.22. The number of guanidine groups is 1. The lowest BCUT2D eigenvalue weighted by atomic mass is 10.3. The van der Waals surface area contributed by atoms with Crippen molar-refractivity contribution < 1.29 is 4.74 Å². The van der Waals surface area contributed by atoms with E-state index < -0.39 is 0 Å². The van der Waals surface area contributed by atoms with Crippen molar-refractivity contribution in [3.05, 3.63) is 41.9 Å². The van der Waals surface area contributed by atoms with Crippen LogP contribution in [-0.2, 0) is 4.74 Å². The predicted octanol–water partition coefficient (Wildman–Crippen LogP) is 1.68. The first-order valence-corrected chi connectivity index (χ1v) is 12.6. The third-order valence-electron chi connectivity index (χ3n) is 6.00. The fourth-order valence-electron chi connectivity index (χ4n) is 4.21. The number of aromatic nitrogens is 3. The Kier molecular flexibility index (Phi) is 9.15. The van der Waals surface area contributed by atoms with Crippen LogP contribution in [0.1, 0.15) is 17.8 Å². The van der Waals surface area contributed by atoms with Crippen LogP contribution in [0.3, 0.4) is 0 Å². The monoisotopic (exact) mass is 497 g/mol. The molecule has 2 aromatic heterocycles. The second-order valence-electron chi connectivity index (χ2n) is 8.74. The SMILES string of the molecule is Cc1cc(C)nc(N/C(=N/C(=S)NCCCN2CCOCC2)N2CCN(c3ccccn3)CC2)n1.